The van der Waals surface area contributed by atoms with E-state index >= 15 is 0 Å². The average Bonchev–Trinajstić information content (AvgIpc) is 2.45. The first kappa shape index (κ1) is 11.3. The molecule has 0 aliphatic heterocycles. The van der Waals surface area contributed by atoms with Gasteiger partial charge in [0.05, 0.1) is 6.10 Å². The standard InChI is InChI=1S/C11H15NO4/c12-8-5-11(16,10(15)9(8)14)6-1-3-7(13)4-2-6/h1-4,8-10,13-16H,5,12H2/t8-,9+,10-,11+/m1/s1. The van der Waals surface area contributed by atoms with Crippen molar-refractivity contribution in [3.8, 4) is 5.75 Å². The van der Waals surface area contributed by atoms with Crippen molar-refractivity contribution < 1.29 is 20.4 Å². The lowest BCUT2D eigenvalue weighted by Crippen LogP contribution is -2.40. The number of aliphatic hydroxyl groups is 3. The summed E-state index contributed by atoms with van der Waals surface area (Å²) in [7, 11) is 0. The maximum absolute atomic E-state index is 10.3. The fourth-order valence-corrected chi connectivity index (χ4v) is 2.16. The van der Waals surface area contributed by atoms with E-state index in [0.29, 0.717) is 5.56 Å². The number of phenolic OH excluding ortho intramolecular Hbond substituents is 1. The molecule has 0 heterocycles. The Morgan fingerprint density at radius 1 is 1.19 bits per heavy atom. The van der Waals surface area contributed by atoms with Crippen molar-refractivity contribution in [3.63, 3.8) is 0 Å². The van der Waals surface area contributed by atoms with Crippen LogP contribution in [0.3, 0.4) is 0 Å². The maximum Gasteiger partial charge on any atom is 0.120 e. The quantitative estimate of drug-likeness (QED) is 0.423. The van der Waals surface area contributed by atoms with Crippen LogP contribution in [0.25, 0.3) is 0 Å². The van der Waals surface area contributed by atoms with Crippen molar-refractivity contribution in [1.82, 2.24) is 0 Å². The van der Waals surface area contributed by atoms with E-state index in [0.717, 1.165) is 0 Å². The molecule has 0 radical (unpaired) electrons. The topological polar surface area (TPSA) is 107 Å². The highest BCUT2D eigenvalue weighted by molar-refractivity contribution is 5.32. The number of hydrogen-bond acceptors (Lipinski definition) is 5. The molecular weight excluding hydrogens is 210 g/mol. The first-order valence-electron chi connectivity index (χ1n) is 5.09. The molecule has 0 saturated heterocycles. The van der Waals surface area contributed by atoms with Crippen LogP contribution in [-0.2, 0) is 5.60 Å². The molecule has 1 aromatic carbocycles. The lowest BCUT2D eigenvalue weighted by atomic mass is 9.90. The van der Waals surface area contributed by atoms with E-state index in [9.17, 15) is 15.3 Å². The SMILES string of the molecule is N[C@@H]1C[C@](O)(c2ccc(O)cc2)[C@H](O)[C@H]1O. The predicted molar refractivity (Wildman–Crippen MR) is 56.6 cm³/mol. The number of hydrogen-bond donors (Lipinski definition) is 5. The highest BCUT2D eigenvalue weighted by Gasteiger charge is 2.51. The van der Waals surface area contributed by atoms with Crippen LogP contribution in [0.5, 0.6) is 5.75 Å². The first-order valence-corrected chi connectivity index (χ1v) is 5.09. The van der Waals surface area contributed by atoms with Crippen molar-refractivity contribution in [2.45, 2.75) is 30.3 Å². The average molecular weight is 225 g/mol. The summed E-state index contributed by atoms with van der Waals surface area (Å²) in [6, 6.07) is 5.17. The third-order valence-electron chi connectivity index (χ3n) is 3.17. The monoisotopic (exact) mass is 225 g/mol. The van der Waals surface area contributed by atoms with E-state index in [1.54, 1.807) is 0 Å². The largest absolute Gasteiger partial charge is 0.508 e. The molecule has 16 heavy (non-hydrogen) atoms. The van der Waals surface area contributed by atoms with Gasteiger partial charge in [-0.2, -0.15) is 0 Å². The van der Waals surface area contributed by atoms with Gasteiger partial charge in [-0.05, 0) is 17.7 Å². The van der Waals surface area contributed by atoms with Crippen LogP contribution in [0.1, 0.15) is 12.0 Å². The van der Waals surface area contributed by atoms with Crippen LogP contribution in [-0.4, -0.2) is 38.7 Å². The van der Waals surface area contributed by atoms with Crippen molar-refractivity contribution in [1.29, 1.82) is 0 Å². The maximum atomic E-state index is 10.3. The zero-order chi connectivity index (χ0) is 11.9. The summed E-state index contributed by atoms with van der Waals surface area (Å²) in [6.45, 7) is 0. The molecule has 0 bridgehead atoms. The first-order chi connectivity index (χ1) is 7.45. The molecule has 1 aliphatic rings. The molecule has 0 unspecified atom stereocenters. The van der Waals surface area contributed by atoms with E-state index in [4.69, 9.17) is 10.8 Å². The smallest absolute Gasteiger partial charge is 0.120 e. The minimum absolute atomic E-state index is 0.0738. The number of nitrogens with two attached hydrogens (primary N) is 1. The molecule has 6 N–H and O–H groups in total. The van der Waals surface area contributed by atoms with E-state index in [1.165, 1.54) is 24.3 Å². The van der Waals surface area contributed by atoms with Gasteiger partial charge in [-0.25, -0.2) is 0 Å². The van der Waals surface area contributed by atoms with Crippen LogP contribution in [0, 0.1) is 0 Å². The molecule has 1 aromatic rings. The predicted octanol–water partition coefficient (Wildman–Crippen LogP) is -0.967. The van der Waals surface area contributed by atoms with E-state index in [2.05, 4.69) is 0 Å². The van der Waals surface area contributed by atoms with E-state index in [-0.39, 0.29) is 12.2 Å². The molecule has 2 rings (SSSR count). The number of phenols is 1. The highest BCUT2D eigenvalue weighted by atomic mass is 16.4. The minimum Gasteiger partial charge on any atom is -0.508 e. The Bertz CT molecular complexity index is 380. The molecule has 1 aliphatic carbocycles. The van der Waals surface area contributed by atoms with Crippen LogP contribution in [0.4, 0.5) is 0 Å². The van der Waals surface area contributed by atoms with Crippen LogP contribution in [0.15, 0.2) is 24.3 Å². The molecule has 1 saturated carbocycles. The van der Waals surface area contributed by atoms with E-state index in [1.807, 2.05) is 0 Å². The van der Waals surface area contributed by atoms with Gasteiger partial charge in [0.2, 0.25) is 0 Å². The number of rotatable bonds is 1. The van der Waals surface area contributed by atoms with Crippen LogP contribution in [0.2, 0.25) is 0 Å². The lowest BCUT2D eigenvalue weighted by Gasteiger charge is -2.27. The summed E-state index contributed by atoms with van der Waals surface area (Å²) in [4.78, 5) is 0. The molecule has 4 atom stereocenters. The molecule has 5 heteroatoms. The second kappa shape index (κ2) is 3.71. The third kappa shape index (κ3) is 1.58. The van der Waals surface area contributed by atoms with Crippen molar-refractivity contribution >= 4 is 0 Å². The van der Waals surface area contributed by atoms with Gasteiger partial charge in [0.1, 0.15) is 17.5 Å². The van der Waals surface area contributed by atoms with E-state index < -0.39 is 23.9 Å². The fraction of sp³-hybridized carbons (Fsp3) is 0.455. The van der Waals surface area contributed by atoms with Gasteiger partial charge in [-0.3, -0.25) is 0 Å². The Labute approximate surface area is 92.8 Å². The summed E-state index contributed by atoms with van der Waals surface area (Å²) in [5.74, 6) is 0.0738. The fourth-order valence-electron chi connectivity index (χ4n) is 2.16. The second-order valence-corrected chi connectivity index (χ2v) is 4.27. The second-order valence-electron chi connectivity index (χ2n) is 4.27. The minimum atomic E-state index is -1.55. The van der Waals surface area contributed by atoms with Gasteiger partial charge in [-0.15, -0.1) is 0 Å². The number of aliphatic hydroxyl groups excluding tert-OH is 2. The molecule has 88 valence electrons. The van der Waals surface area contributed by atoms with Gasteiger partial charge >= 0.3 is 0 Å². The van der Waals surface area contributed by atoms with Crippen LogP contribution >= 0.6 is 0 Å². The lowest BCUT2D eigenvalue weighted by molar-refractivity contribution is -0.0914. The van der Waals surface area contributed by atoms with Crippen LogP contribution < -0.4 is 5.73 Å². The van der Waals surface area contributed by atoms with Gasteiger partial charge in [0.15, 0.2) is 0 Å². The zero-order valence-corrected chi connectivity index (χ0v) is 8.61. The Kier molecular flexibility index (Phi) is 2.63. The normalized spacial score (nSPS) is 38.9. The van der Waals surface area contributed by atoms with Gasteiger partial charge in [-0.1, -0.05) is 12.1 Å². The number of benzene rings is 1. The summed E-state index contributed by atoms with van der Waals surface area (Å²) >= 11 is 0. The molecule has 0 aromatic heterocycles. The molecule has 5 nitrogen and oxygen atoms in total. The van der Waals surface area contributed by atoms with Crippen molar-refractivity contribution in [2.75, 3.05) is 0 Å². The van der Waals surface area contributed by atoms with Crippen molar-refractivity contribution in [2.24, 2.45) is 5.73 Å². The Balaban J connectivity index is 2.36. The Morgan fingerprint density at radius 3 is 2.19 bits per heavy atom. The highest BCUT2D eigenvalue weighted by Crippen LogP contribution is 2.38. The molecular formula is C11H15NO4. The molecule has 0 amide bonds. The summed E-state index contributed by atoms with van der Waals surface area (Å²) in [6.07, 6.45) is -2.37. The number of aromatic hydroxyl groups is 1. The summed E-state index contributed by atoms with van der Waals surface area (Å²) < 4.78 is 0. The Morgan fingerprint density at radius 2 is 1.75 bits per heavy atom. The summed E-state index contributed by atoms with van der Waals surface area (Å²) in [5, 5.41) is 38.7. The summed E-state index contributed by atoms with van der Waals surface area (Å²) in [5.41, 5.74) is 4.48. The molecule has 0 spiro atoms. The molecule has 1 fully saturated rings. The zero-order valence-electron chi connectivity index (χ0n) is 8.61. The Hall–Kier alpha value is -1.14. The van der Waals surface area contributed by atoms with Gasteiger partial charge in [0, 0.05) is 12.5 Å². The van der Waals surface area contributed by atoms with Gasteiger partial charge in [0.25, 0.3) is 0 Å². The van der Waals surface area contributed by atoms with Gasteiger partial charge < -0.3 is 26.2 Å². The third-order valence-corrected chi connectivity index (χ3v) is 3.17. The van der Waals surface area contributed by atoms with Crippen molar-refractivity contribution in [3.05, 3.63) is 29.8 Å².